The molecule has 3 heteroatoms. The Morgan fingerprint density at radius 3 is 2.60 bits per heavy atom. The van der Waals surface area contributed by atoms with Crippen LogP contribution in [-0.2, 0) is 5.54 Å². The van der Waals surface area contributed by atoms with E-state index in [1.807, 2.05) is 12.1 Å². The Labute approximate surface area is 96.5 Å². The summed E-state index contributed by atoms with van der Waals surface area (Å²) in [6.07, 6.45) is 3.40. The zero-order chi connectivity index (χ0) is 10.0. The van der Waals surface area contributed by atoms with Crippen LogP contribution in [0.2, 0.25) is 0 Å². The number of hydrogen-bond donors (Lipinski definition) is 1. The standard InChI is InChI=1S/C12H16FN.ClH/c1-12(8-4-5-9-14-12)10-6-2-3-7-11(10)13;/h2-3,6-7,14H,4-5,8-9H2,1H3;1H. The number of hydrogen-bond acceptors (Lipinski definition) is 1. The van der Waals surface area contributed by atoms with E-state index >= 15 is 0 Å². The molecular formula is C12H17ClFN. The number of piperidine rings is 1. The Hall–Kier alpha value is -0.600. The lowest BCUT2D eigenvalue weighted by Crippen LogP contribution is -2.43. The average molecular weight is 230 g/mol. The highest BCUT2D eigenvalue weighted by Gasteiger charge is 2.30. The van der Waals surface area contributed by atoms with Gasteiger partial charge in [0.15, 0.2) is 0 Å². The van der Waals surface area contributed by atoms with Crippen molar-refractivity contribution in [2.75, 3.05) is 6.54 Å². The summed E-state index contributed by atoms with van der Waals surface area (Å²) in [6.45, 7) is 3.08. The van der Waals surface area contributed by atoms with E-state index < -0.39 is 0 Å². The minimum absolute atomic E-state index is 0. The fourth-order valence-electron chi connectivity index (χ4n) is 2.19. The lowest BCUT2D eigenvalue weighted by molar-refractivity contribution is 0.275. The van der Waals surface area contributed by atoms with Crippen molar-refractivity contribution in [1.29, 1.82) is 0 Å². The molecule has 1 atom stereocenters. The summed E-state index contributed by atoms with van der Waals surface area (Å²) in [5.41, 5.74) is 0.642. The van der Waals surface area contributed by atoms with Crippen LogP contribution in [0.15, 0.2) is 24.3 Å². The fraction of sp³-hybridized carbons (Fsp3) is 0.500. The predicted molar refractivity (Wildman–Crippen MR) is 62.9 cm³/mol. The van der Waals surface area contributed by atoms with Crippen LogP contribution in [0.4, 0.5) is 4.39 Å². The van der Waals surface area contributed by atoms with Crippen LogP contribution in [0.25, 0.3) is 0 Å². The number of nitrogens with one attached hydrogen (secondary N) is 1. The van der Waals surface area contributed by atoms with Gasteiger partial charge in [0, 0.05) is 11.1 Å². The molecule has 1 heterocycles. The third-order valence-electron chi connectivity index (χ3n) is 3.09. The van der Waals surface area contributed by atoms with Crippen LogP contribution in [0.3, 0.4) is 0 Å². The van der Waals surface area contributed by atoms with Crippen molar-refractivity contribution in [2.24, 2.45) is 0 Å². The van der Waals surface area contributed by atoms with E-state index in [1.54, 1.807) is 6.07 Å². The summed E-state index contributed by atoms with van der Waals surface area (Å²) in [4.78, 5) is 0. The van der Waals surface area contributed by atoms with Crippen LogP contribution < -0.4 is 5.32 Å². The van der Waals surface area contributed by atoms with Crippen molar-refractivity contribution >= 4 is 12.4 Å². The summed E-state index contributed by atoms with van der Waals surface area (Å²) in [5, 5.41) is 3.41. The Kier molecular flexibility index (Phi) is 4.12. The van der Waals surface area contributed by atoms with Gasteiger partial charge in [0.2, 0.25) is 0 Å². The lowest BCUT2D eigenvalue weighted by atomic mass is 9.84. The molecule has 1 N–H and O–H groups in total. The monoisotopic (exact) mass is 229 g/mol. The van der Waals surface area contributed by atoms with Crippen LogP contribution in [0.5, 0.6) is 0 Å². The molecule has 1 aromatic rings. The van der Waals surface area contributed by atoms with Gasteiger partial charge in [-0.05, 0) is 32.4 Å². The van der Waals surface area contributed by atoms with Gasteiger partial charge in [0.25, 0.3) is 0 Å². The van der Waals surface area contributed by atoms with Gasteiger partial charge >= 0.3 is 0 Å². The molecule has 2 rings (SSSR count). The maximum atomic E-state index is 13.6. The molecule has 1 saturated heterocycles. The number of rotatable bonds is 1. The van der Waals surface area contributed by atoms with Gasteiger partial charge in [-0.25, -0.2) is 4.39 Å². The van der Waals surface area contributed by atoms with E-state index in [1.165, 1.54) is 18.9 Å². The van der Waals surface area contributed by atoms with Crippen LogP contribution in [-0.4, -0.2) is 6.54 Å². The molecule has 1 aliphatic heterocycles. The molecule has 1 aromatic carbocycles. The maximum Gasteiger partial charge on any atom is 0.128 e. The molecule has 0 spiro atoms. The molecule has 0 radical (unpaired) electrons. The Balaban J connectivity index is 0.00000112. The van der Waals surface area contributed by atoms with Crippen molar-refractivity contribution in [3.8, 4) is 0 Å². The highest BCUT2D eigenvalue weighted by atomic mass is 35.5. The molecular weight excluding hydrogens is 213 g/mol. The van der Waals surface area contributed by atoms with Crippen molar-refractivity contribution < 1.29 is 4.39 Å². The lowest BCUT2D eigenvalue weighted by Gasteiger charge is -2.35. The predicted octanol–water partition coefficient (Wildman–Crippen LogP) is 3.24. The van der Waals surface area contributed by atoms with Gasteiger partial charge in [0.1, 0.15) is 5.82 Å². The molecule has 84 valence electrons. The maximum absolute atomic E-state index is 13.6. The first-order chi connectivity index (χ1) is 6.72. The third-order valence-corrected chi connectivity index (χ3v) is 3.09. The van der Waals surface area contributed by atoms with Gasteiger partial charge in [-0.2, -0.15) is 0 Å². The second-order valence-electron chi connectivity index (χ2n) is 4.20. The minimum Gasteiger partial charge on any atom is -0.308 e. The molecule has 0 saturated carbocycles. The van der Waals surface area contributed by atoms with E-state index in [9.17, 15) is 4.39 Å². The van der Waals surface area contributed by atoms with E-state index in [2.05, 4.69) is 12.2 Å². The Morgan fingerprint density at radius 2 is 2.00 bits per heavy atom. The molecule has 0 bridgehead atoms. The summed E-state index contributed by atoms with van der Waals surface area (Å²) in [5.74, 6) is -0.0931. The van der Waals surface area contributed by atoms with Crippen molar-refractivity contribution in [2.45, 2.75) is 31.7 Å². The van der Waals surface area contributed by atoms with Crippen LogP contribution in [0.1, 0.15) is 31.7 Å². The molecule has 0 aliphatic carbocycles. The summed E-state index contributed by atoms with van der Waals surface area (Å²) in [6, 6.07) is 7.06. The Bertz CT molecular complexity index is 321. The van der Waals surface area contributed by atoms with E-state index in [0.717, 1.165) is 18.5 Å². The normalized spacial score (nSPS) is 25.7. The van der Waals surface area contributed by atoms with Gasteiger partial charge in [0.05, 0.1) is 0 Å². The zero-order valence-electron chi connectivity index (χ0n) is 8.92. The second kappa shape index (κ2) is 4.95. The SMILES string of the molecule is CC1(c2ccccc2F)CCCCN1.Cl. The molecule has 1 aliphatic rings. The summed E-state index contributed by atoms with van der Waals surface area (Å²) >= 11 is 0. The van der Waals surface area contributed by atoms with E-state index in [-0.39, 0.29) is 23.8 Å². The minimum atomic E-state index is -0.163. The quantitative estimate of drug-likeness (QED) is 0.780. The number of benzene rings is 1. The van der Waals surface area contributed by atoms with Gasteiger partial charge in [-0.1, -0.05) is 24.6 Å². The van der Waals surface area contributed by atoms with Crippen LogP contribution in [0, 0.1) is 5.82 Å². The topological polar surface area (TPSA) is 12.0 Å². The molecule has 0 amide bonds. The van der Waals surface area contributed by atoms with Crippen molar-refractivity contribution in [3.05, 3.63) is 35.6 Å². The highest BCUT2D eigenvalue weighted by molar-refractivity contribution is 5.85. The molecule has 1 fully saturated rings. The van der Waals surface area contributed by atoms with Gasteiger partial charge in [-0.3, -0.25) is 0 Å². The second-order valence-corrected chi connectivity index (χ2v) is 4.20. The van der Waals surface area contributed by atoms with Crippen LogP contribution >= 0.6 is 12.4 Å². The zero-order valence-corrected chi connectivity index (χ0v) is 9.74. The van der Waals surface area contributed by atoms with Crippen molar-refractivity contribution in [1.82, 2.24) is 5.32 Å². The molecule has 1 nitrogen and oxygen atoms in total. The largest absolute Gasteiger partial charge is 0.308 e. The van der Waals surface area contributed by atoms with E-state index in [4.69, 9.17) is 0 Å². The first-order valence-corrected chi connectivity index (χ1v) is 5.22. The van der Waals surface area contributed by atoms with E-state index in [0.29, 0.717) is 0 Å². The highest BCUT2D eigenvalue weighted by Crippen LogP contribution is 2.31. The molecule has 1 unspecified atom stereocenters. The average Bonchev–Trinajstić information content (AvgIpc) is 2.19. The molecule has 15 heavy (non-hydrogen) atoms. The third kappa shape index (κ3) is 2.50. The molecule has 0 aromatic heterocycles. The van der Waals surface area contributed by atoms with Gasteiger partial charge in [-0.15, -0.1) is 12.4 Å². The first-order valence-electron chi connectivity index (χ1n) is 5.22. The van der Waals surface area contributed by atoms with Crippen molar-refractivity contribution in [3.63, 3.8) is 0 Å². The summed E-state index contributed by atoms with van der Waals surface area (Å²) in [7, 11) is 0. The Morgan fingerprint density at radius 1 is 1.27 bits per heavy atom. The first kappa shape index (κ1) is 12.5. The number of halogens is 2. The summed E-state index contributed by atoms with van der Waals surface area (Å²) < 4.78 is 13.6. The fourth-order valence-corrected chi connectivity index (χ4v) is 2.19. The van der Waals surface area contributed by atoms with Gasteiger partial charge < -0.3 is 5.32 Å². The smallest absolute Gasteiger partial charge is 0.128 e.